The van der Waals surface area contributed by atoms with E-state index >= 15 is 0 Å². The molecule has 2 rings (SSSR count). The van der Waals surface area contributed by atoms with Gasteiger partial charge in [-0.2, -0.15) is 0 Å². The van der Waals surface area contributed by atoms with Crippen LogP contribution >= 0.6 is 0 Å². The summed E-state index contributed by atoms with van der Waals surface area (Å²) >= 11 is 0. The first-order valence-electron chi connectivity index (χ1n) is 4.73. The first-order chi connectivity index (χ1) is 6.72. The van der Waals surface area contributed by atoms with Gasteiger partial charge in [-0.15, -0.1) is 10.2 Å². The molecule has 0 aliphatic carbocycles. The highest BCUT2D eigenvalue weighted by molar-refractivity contribution is 5.40. The van der Waals surface area contributed by atoms with E-state index in [1.807, 2.05) is 17.4 Å². The summed E-state index contributed by atoms with van der Waals surface area (Å²) in [7, 11) is 0. The molecule has 2 aromatic rings. The first kappa shape index (κ1) is 9.15. The van der Waals surface area contributed by atoms with Gasteiger partial charge in [0, 0.05) is 6.20 Å². The molecule has 0 spiro atoms. The molecule has 2 heterocycles. The molecule has 0 saturated carbocycles. The Labute approximate surface area is 82.8 Å². The van der Waals surface area contributed by atoms with Gasteiger partial charge in [0.1, 0.15) is 5.82 Å². The lowest BCUT2D eigenvalue weighted by Gasteiger charge is -2.08. The van der Waals surface area contributed by atoms with Crippen LogP contribution in [0.15, 0.2) is 18.3 Å². The van der Waals surface area contributed by atoms with Crippen molar-refractivity contribution in [2.24, 2.45) is 5.73 Å². The van der Waals surface area contributed by atoms with Gasteiger partial charge < -0.3 is 5.73 Å². The summed E-state index contributed by atoms with van der Waals surface area (Å²) in [5.41, 5.74) is 7.73. The van der Waals surface area contributed by atoms with E-state index in [9.17, 15) is 0 Å². The molecule has 2 N–H and O–H groups in total. The first-order valence-corrected chi connectivity index (χ1v) is 4.73. The van der Waals surface area contributed by atoms with E-state index in [1.165, 1.54) is 5.56 Å². The van der Waals surface area contributed by atoms with Gasteiger partial charge in [-0.1, -0.05) is 13.0 Å². The Morgan fingerprint density at radius 2 is 2.21 bits per heavy atom. The quantitative estimate of drug-likeness (QED) is 0.771. The molecule has 2 aromatic heterocycles. The highest BCUT2D eigenvalue weighted by Crippen LogP contribution is 2.14. The maximum atomic E-state index is 5.62. The Balaban J connectivity index is 2.54. The zero-order chi connectivity index (χ0) is 10.1. The van der Waals surface area contributed by atoms with Gasteiger partial charge >= 0.3 is 0 Å². The molecule has 0 fully saturated rings. The summed E-state index contributed by atoms with van der Waals surface area (Å²) in [5.74, 6) is 1.28. The van der Waals surface area contributed by atoms with Gasteiger partial charge in [0.25, 0.3) is 0 Å². The standard InChI is InChI=1S/C10H14N4/c1-7(5-11)9-3-4-10-13-12-8(2)14(10)6-9/h3-4,6-7H,5,11H2,1-2H3. The summed E-state index contributed by atoms with van der Waals surface area (Å²) in [6.07, 6.45) is 2.06. The number of hydrogen-bond donors (Lipinski definition) is 1. The van der Waals surface area contributed by atoms with Crippen LogP contribution in [0.2, 0.25) is 0 Å². The third-order valence-corrected chi connectivity index (χ3v) is 2.52. The molecular formula is C10H14N4. The Hall–Kier alpha value is -1.42. The Kier molecular flexibility index (Phi) is 2.21. The summed E-state index contributed by atoms with van der Waals surface area (Å²) < 4.78 is 1.99. The molecule has 0 aliphatic heterocycles. The Bertz CT molecular complexity index is 446. The van der Waals surface area contributed by atoms with E-state index in [2.05, 4.69) is 29.4 Å². The lowest BCUT2D eigenvalue weighted by molar-refractivity contribution is 0.766. The van der Waals surface area contributed by atoms with Crippen LogP contribution in [0.1, 0.15) is 24.2 Å². The normalized spacial score (nSPS) is 13.4. The predicted octanol–water partition coefficient (Wildman–Crippen LogP) is 1.10. The van der Waals surface area contributed by atoms with Crippen molar-refractivity contribution in [2.45, 2.75) is 19.8 Å². The minimum Gasteiger partial charge on any atom is -0.330 e. The van der Waals surface area contributed by atoms with E-state index < -0.39 is 0 Å². The molecule has 1 atom stereocenters. The molecule has 0 saturated heterocycles. The monoisotopic (exact) mass is 190 g/mol. The fourth-order valence-electron chi connectivity index (χ4n) is 1.45. The van der Waals surface area contributed by atoms with Crippen LogP contribution in [0.4, 0.5) is 0 Å². The van der Waals surface area contributed by atoms with Crippen molar-refractivity contribution in [2.75, 3.05) is 6.54 Å². The van der Waals surface area contributed by atoms with Crippen LogP contribution in [0.25, 0.3) is 5.65 Å². The van der Waals surface area contributed by atoms with Crippen molar-refractivity contribution in [3.63, 3.8) is 0 Å². The molecule has 14 heavy (non-hydrogen) atoms. The Morgan fingerprint density at radius 1 is 1.43 bits per heavy atom. The number of pyridine rings is 1. The number of fused-ring (bicyclic) bond motifs is 1. The molecule has 0 bridgehead atoms. The van der Waals surface area contributed by atoms with E-state index in [0.29, 0.717) is 12.5 Å². The van der Waals surface area contributed by atoms with Crippen LogP contribution in [-0.2, 0) is 0 Å². The van der Waals surface area contributed by atoms with E-state index in [0.717, 1.165) is 11.5 Å². The fraction of sp³-hybridized carbons (Fsp3) is 0.400. The fourth-order valence-corrected chi connectivity index (χ4v) is 1.45. The molecule has 0 amide bonds. The molecule has 4 heteroatoms. The largest absolute Gasteiger partial charge is 0.330 e. The summed E-state index contributed by atoms with van der Waals surface area (Å²) in [6.45, 7) is 4.71. The van der Waals surface area contributed by atoms with Crippen molar-refractivity contribution < 1.29 is 0 Å². The molecule has 4 nitrogen and oxygen atoms in total. The number of nitrogens with two attached hydrogens (primary N) is 1. The van der Waals surface area contributed by atoms with Gasteiger partial charge in [-0.3, -0.25) is 4.40 Å². The average molecular weight is 190 g/mol. The Morgan fingerprint density at radius 3 is 2.93 bits per heavy atom. The lowest BCUT2D eigenvalue weighted by atomic mass is 10.0. The second-order valence-electron chi connectivity index (χ2n) is 3.57. The number of nitrogens with zero attached hydrogens (tertiary/aromatic N) is 3. The van der Waals surface area contributed by atoms with E-state index in [4.69, 9.17) is 5.73 Å². The lowest BCUT2D eigenvalue weighted by Crippen LogP contribution is -2.09. The predicted molar refractivity (Wildman–Crippen MR) is 55.2 cm³/mol. The number of hydrogen-bond acceptors (Lipinski definition) is 3. The van der Waals surface area contributed by atoms with Gasteiger partial charge in [0.05, 0.1) is 0 Å². The summed E-state index contributed by atoms with van der Waals surface area (Å²) in [6, 6.07) is 4.03. The minimum absolute atomic E-state index is 0.376. The second kappa shape index (κ2) is 3.38. The number of aryl methyl sites for hydroxylation is 1. The zero-order valence-electron chi connectivity index (χ0n) is 8.44. The molecule has 0 radical (unpaired) electrons. The number of aromatic nitrogens is 3. The van der Waals surface area contributed by atoms with Crippen LogP contribution < -0.4 is 5.73 Å². The highest BCUT2D eigenvalue weighted by atomic mass is 15.2. The van der Waals surface area contributed by atoms with Crippen molar-refractivity contribution in [1.82, 2.24) is 14.6 Å². The third kappa shape index (κ3) is 1.37. The summed E-state index contributed by atoms with van der Waals surface area (Å²) in [5, 5.41) is 8.03. The van der Waals surface area contributed by atoms with Crippen molar-refractivity contribution >= 4 is 5.65 Å². The highest BCUT2D eigenvalue weighted by Gasteiger charge is 2.06. The van der Waals surface area contributed by atoms with Crippen LogP contribution in [0.3, 0.4) is 0 Å². The van der Waals surface area contributed by atoms with Crippen molar-refractivity contribution in [3.8, 4) is 0 Å². The average Bonchev–Trinajstić information content (AvgIpc) is 2.59. The molecule has 74 valence electrons. The zero-order valence-corrected chi connectivity index (χ0v) is 8.44. The maximum Gasteiger partial charge on any atom is 0.160 e. The molecule has 0 aliphatic rings. The van der Waals surface area contributed by atoms with E-state index in [-0.39, 0.29) is 0 Å². The van der Waals surface area contributed by atoms with Crippen molar-refractivity contribution in [1.29, 1.82) is 0 Å². The minimum atomic E-state index is 0.376. The topological polar surface area (TPSA) is 56.2 Å². The van der Waals surface area contributed by atoms with Crippen LogP contribution in [0, 0.1) is 6.92 Å². The molecule has 0 aromatic carbocycles. The number of rotatable bonds is 2. The van der Waals surface area contributed by atoms with E-state index in [1.54, 1.807) is 0 Å². The van der Waals surface area contributed by atoms with Gasteiger partial charge in [0.15, 0.2) is 5.65 Å². The SMILES string of the molecule is Cc1nnc2ccc(C(C)CN)cn12. The smallest absolute Gasteiger partial charge is 0.160 e. The second-order valence-corrected chi connectivity index (χ2v) is 3.57. The molecule has 1 unspecified atom stereocenters. The van der Waals surface area contributed by atoms with Gasteiger partial charge in [-0.05, 0) is 31.0 Å². The molecular weight excluding hydrogens is 176 g/mol. The van der Waals surface area contributed by atoms with Gasteiger partial charge in [0.2, 0.25) is 0 Å². The van der Waals surface area contributed by atoms with Crippen molar-refractivity contribution in [3.05, 3.63) is 29.7 Å². The van der Waals surface area contributed by atoms with Gasteiger partial charge in [-0.25, -0.2) is 0 Å². The summed E-state index contributed by atoms with van der Waals surface area (Å²) in [4.78, 5) is 0. The maximum absolute atomic E-state index is 5.62. The van der Waals surface area contributed by atoms with Crippen LogP contribution in [0.5, 0.6) is 0 Å². The van der Waals surface area contributed by atoms with Crippen LogP contribution in [-0.4, -0.2) is 21.1 Å². The third-order valence-electron chi connectivity index (χ3n) is 2.52.